The SMILES string of the molecule is CCn1cc(CN2CCCN(C(=O)c3ccc(N(C)C)cn3)CC2)cn1. The monoisotopic (exact) mass is 356 g/mol. The first-order valence-corrected chi connectivity index (χ1v) is 9.23. The van der Waals surface area contributed by atoms with E-state index in [1.54, 1.807) is 6.20 Å². The summed E-state index contributed by atoms with van der Waals surface area (Å²) in [6, 6.07) is 3.76. The summed E-state index contributed by atoms with van der Waals surface area (Å²) in [7, 11) is 3.93. The topological polar surface area (TPSA) is 57.5 Å². The number of rotatable bonds is 5. The molecule has 0 N–H and O–H groups in total. The average Bonchev–Trinajstić information content (AvgIpc) is 2.98. The number of anilines is 1. The molecule has 2 aromatic rings. The maximum Gasteiger partial charge on any atom is 0.272 e. The third-order valence-electron chi connectivity index (χ3n) is 4.78. The summed E-state index contributed by atoms with van der Waals surface area (Å²) in [5.74, 6) is 0.0240. The van der Waals surface area contributed by atoms with Crippen molar-refractivity contribution in [1.29, 1.82) is 0 Å². The Morgan fingerprint density at radius 3 is 2.65 bits per heavy atom. The van der Waals surface area contributed by atoms with Crippen molar-refractivity contribution in [3.8, 4) is 0 Å². The number of carbonyl (C=O) groups is 1. The Labute approximate surface area is 155 Å². The number of amides is 1. The van der Waals surface area contributed by atoms with Crippen LogP contribution in [0.2, 0.25) is 0 Å². The molecule has 1 saturated heterocycles. The van der Waals surface area contributed by atoms with Gasteiger partial charge in [0.25, 0.3) is 5.91 Å². The van der Waals surface area contributed by atoms with E-state index < -0.39 is 0 Å². The molecule has 0 unspecified atom stereocenters. The van der Waals surface area contributed by atoms with Crippen LogP contribution >= 0.6 is 0 Å². The lowest BCUT2D eigenvalue weighted by atomic mass is 10.2. The Kier molecular flexibility index (Phi) is 5.88. The van der Waals surface area contributed by atoms with Crippen LogP contribution in [0.1, 0.15) is 29.4 Å². The van der Waals surface area contributed by atoms with Gasteiger partial charge in [-0.3, -0.25) is 14.4 Å². The van der Waals surface area contributed by atoms with Crippen molar-refractivity contribution in [3.05, 3.63) is 42.0 Å². The Balaban J connectivity index is 1.58. The van der Waals surface area contributed by atoms with Crippen LogP contribution in [0.25, 0.3) is 0 Å². The maximum absolute atomic E-state index is 12.8. The van der Waals surface area contributed by atoms with E-state index >= 15 is 0 Å². The summed E-state index contributed by atoms with van der Waals surface area (Å²) >= 11 is 0. The molecule has 1 aliphatic rings. The number of pyridine rings is 1. The second-order valence-electron chi connectivity index (χ2n) is 6.92. The Hall–Kier alpha value is -2.41. The first kappa shape index (κ1) is 18.4. The minimum absolute atomic E-state index is 0.0240. The molecule has 0 bridgehead atoms. The summed E-state index contributed by atoms with van der Waals surface area (Å²) in [6.07, 6.45) is 6.77. The van der Waals surface area contributed by atoms with Gasteiger partial charge in [-0.1, -0.05) is 0 Å². The average molecular weight is 356 g/mol. The summed E-state index contributed by atoms with van der Waals surface area (Å²) < 4.78 is 1.95. The van der Waals surface area contributed by atoms with Crippen LogP contribution in [-0.4, -0.2) is 70.7 Å². The Morgan fingerprint density at radius 1 is 1.15 bits per heavy atom. The van der Waals surface area contributed by atoms with E-state index in [1.807, 2.05) is 46.9 Å². The van der Waals surface area contributed by atoms with Gasteiger partial charge in [-0.15, -0.1) is 0 Å². The zero-order valence-electron chi connectivity index (χ0n) is 15.9. The normalized spacial score (nSPS) is 15.7. The van der Waals surface area contributed by atoms with Crippen LogP contribution < -0.4 is 4.90 Å². The highest BCUT2D eigenvalue weighted by Gasteiger charge is 2.21. The molecule has 0 aliphatic carbocycles. The van der Waals surface area contributed by atoms with Crippen molar-refractivity contribution in [2.24, 2.45) is 0 Å². The molecular weight excluding hydrogens is 328 g/mol. The van der Waals surface area contributed by atoms with E-state index in [2.05, 4.69) is 28.1 Å². The van der Waals surface area contributed by atoms with Gasteiger partial charge in [0.05, 0.1) is 18.1 Å². The molecule has 0 aromatic carbocycles. The quantitative estimate of drug-likeness (QED) is 0.816. The summed E-state index contributed by atoms with van der Waals surface area (Å²) in [5, 5.41) is 4.34. The number of hydrogen-bond acceptors (Lipinski definition) is 5. The third-order valence-corrected chi connectivity index (χ3v) is 4.78. The van der Waals surface area contributed by atoms with Crippen LogP contribution in [0, 0.1) is 0 Å². The predicted molar refractivity (Wildman–Crippen MR) is 102 cm³/mol. The Morgan fingerprint density at radius 2 is 2.00 bits per heavy atom. The van der Waals surface area contributed by atoms with Crippen LogP contribution in [0.3, 0.4) is 0 Å². The standard InChI is InChI=1S/C19H28N6O/c1-4-25-15-16(12-21-25)14-23-8-5-9-24(11-10-23)19(26)18-7-6-17(13-20-18)22(2)3/h6-7,12-13,15H,4-5,8-11,14H2,1-3H3. The van der Waals surface area contributed by atoms with Crippen molar-refractivity contribution in [2.75, 3.05) is 45.2 Å². The number of aromatic nitrogens is 3. The van der Waals surface area contributed by atoms with Crippen molar-refractivity contribution in [3.63, 3.8) is 0 Å². The highest BCUT2D eigenvalue weighted by molar-refractivity contribution is 5.92. The molecule has 7 nitrogen and oxygen atoms in total. The van der Waals surface area contributed by atoms with Gasteiger partial charge in [-0.2, -0.15) is 5.10 Å². The zero-order chi connectivity index (χ0) is 18.5. The number of nitrogens with zero attached hydrogens (tertiary/aromatic N) is 6. The fourth-order valence-corrected chi connectivity index (χ4v) is 3.19. The van der Waals surface area contributed by atoms with Gasteiger partial charge in [0.2, 0.25) is 0 Å². The van der Waals surface area contributed by atoms with Gasteiger partial charge < -0.3 is 9.80 Å². The van der Waals surface area contributed by atoms with Crippen molar-refractivity contribution in [1.82, 2.24) is 24.6 Å². The number of carbonyl (C=O) groups excluding carboxylic acids is 1. The summed E-state index contributed by atoms with van der Waals surface area (Å²) in [6.45, 7) is 7.25. The van der Waals surface area contributed by atoms with E-state index in [-0.39, 0.29) is 5.91 Å². The molecule has 1 amide bonds. The van der Waals surface area contributed by atoms with Crippen LogP contribution in [-0.2, 0) is 13.1 Å². The zero-order valence-corrected chi connectivity index (χ0v) is 15.9. The van der Waals surface area contributed by atoms with E-state index in [4.69, 9.17) is 0 Å². The van der Waals surface area contributed by atoms with Gasteiger partial charge in [0, 0.05) is 65.1 Å². The first-order chi connectivity index (χ1) is 12.6. The molecular formula is C19H28N6O. The van der Waals surface area contributed by atoms with Gasteiger partial charge in [-0.05, 0) is 25.5 Å². The lowest BCUT2D eigenvalue weighted by Crippen LogP contribution is -2.35. The molecule has 0 saturated carbocycles. The van der Waals surface area contributed by atoms with E-state index in [0.29, 0.717) is 5.69 Å². The first-order valence-electron chi connectivity index (χ1n) is 9.23. The molecule has 0 spiro atoms. The van der Waals surface area contributed by atoms with Crippen LogP contribution in [0.4, 0.5) is 5.69 Å². The fourth-order valence-electron chi connectivity index (χ4n) is 3.19. The molecule has 1 aliphatic heterocycles. The largest absolute Gasteiger partial charge is 0.376 e. The third kappa shape index (κ3) is 4.40. The highest BCUT2D eigenvalue weighted by atomic mass is 16.2. The van der Waals surface area contributed by atoms with Crippen LogP contribution in [0.15, 0.2) is 30.7 Å². The minimum atomic E-state index is 0.0240. The molecule has 2 aromatic heterocycles. The highest BCUT2D eigenvalue weighted by Crippen LogP contribution is 2.13. The molecule has 3 heterocycles. The lowest BCUT2D eigenvalue weighted by molar-refractivity contribution is 0.0755. The van der Waals surface area contributed by atoms with Gasteiger partial charge in [0.15, 0.2) is 0 Å². The molecule has 3 rings (SSSR count). The molecule has 0 atom stereocenters. The second kappa shape index (κ2) is 8.31. The van der Waals surface area contributed by atoms with Crippen molar-refractivity contribution >= 4 is 11.6 Å². The maximum atomic E-state index is 12.8. The summed E-state index contributed by atoms with van der Waals surface area (Å²) in [5.41, 5.74) is 2.75. The Bertz CT molecular complexity index is 724. The fraction of sp³-hybridized carbons (Fsp3) is 0.526. The van der Waals surface area contributed by atoms with E-state index in [0.717, 1.165) is 51.4 Å². The second-order valence-corrected chi connectivity index (χ2v) is 6.92. The smallest absolute Gasteiger partial charge is 0.272 e. The number of hydrogen-bond donors (Lipinski definition) is 0. The van der Waals surface area contributed by atoms with Crippen molar-refractivity contribution in [2.45, 2.75) is 26.4 Å². The molecule has 140 valence electrons. The molecule has 0 radical (unpaired) electrons. The molecule has 7 heteroatoms. The van der Waals surface area contributed by atoms with E-state index in [1.165, 1.54) is 5.56 Å². The van der Waals surface area contributed by atoms with E-state index in [9.17, 15) is 4.79 Å². The minimum Gasteiger partial charge on any atom is -0.376 e. The van der Waals surface area contributed by atoms with Crippen molar-refractivity contribution < 1.29 is 4.79 Å². The molecule has 1 fully saturated rings. The predicted octanol–water partition coefficient (Wildman–Crippen LogP) is 1.71. The van der Waals surface area contributed by atoms with Gasteiger partial charge in [0.1, 0.15) is 5.69 Å². The van der Waals surface area contributed by atoms with Crippen LogP contribution in [0.5, 0.6) is 0 Å². The lowest BCUT2D eigenvalue weighted by Gasteiger charge is -2.21. The number of aryl methyl sites for hydroxylation is 1. The molecule has 26 heavy (non-hydrogen) atoms. The summed E-state index contributed by atoms with van der Waals surface area (Å²) in [4.78, 5) is 23.4. The van der Waals surface area contributed by atoms with Gasteiger partial charge >= 0.3 is 0 Å². The van der Waals surface area contributed by atoms with Gasteiger partial charge in [-0.25, -0.2) is 4.98 Å².